The van der Waals surface area contributed by atoms with E-state index < -0.39 is 6.10 Å². The summed E-state index contributed by atoms with van der Waals surface area (Å²) < 4.78 is 1.66. The number of aromatic amines is 1. The van der Waals surface area contributed by atoms with Crippen LogP contribution in [-0.4, -0.2) is 56.1 Å². The van der Waals surface area contributed by atoms with Crippen LogP contribution in [0.25, 0.3) is 11.2 Å². The van der Waals surface area contributed by atoms with Crippen LogP contribution < -0.4 is 5.56 Å². The van der Waals surface area contributed by atoms with Crippen molar-refractivity contribution in [3.63, 3.8) is 0 Å². The lowest BCUT2D eigenvalue weighted by atomic mass is 10.3. The van der Waals surface area contributed by atoms with E-state index in [4.69, 9.17) is 0 Å². The minimum Gasteiger partial charge on any atom is -0.391 e. The van der Waals surface area contributed by atoms with E-state index in [0.29, 0.717) is 18.6 Å². The molecule has 2 aromatic heterocycles. The normalized spacial score (nSPS) is 13.2. The number of hydrogen-bond acceptors (Lipinski definition) is 5. The molecule has 2 heterocycles. The molecule has 2 aromatic rings. The molecule has 2 N–H and O–H groups in total. The van der Waals surface area contributed by atoms with Crippen LogP contribution in [-0.2, 0) is 6.54 Å². The Kier molecular flexibility index (Phi) is 4.14. The smallest absolute Gasteiger partial charge is 0.280 e. The molecule has 1 atom stereocenters. The zero-order valence-corrected chi connectivity index (χ0v) is 11.7. The lowest BCUT2D eigenvalue weighted by Gasteiger charge is -2.08. The standard InChI is InChI=1S/C12H18N6O2/c1-4-8(19)5-18-7-13-9-10(18)15-12(16-11(9)20)14-6-17(2)3/h6-8,19H,4-5H2,1-3H3,(H,15,16,20)/b14-6+/t8-/m1/s1. The molecule has 0 unspecified atom stereocenters. The van der Waals surface area contributed by atoms with Crippen LogP contribution in [0.4, 0.5) is 5.95 Å². The van der Waals surface area contributed by atoms with Gasteiger partial charge in [0.1, 0.15) is 0 Å². The Labute approximate surface area is 115 Å². The Morgan fingerprint density at radius 2 is 2.35 bits per heavy atom. The summed E-state index contributed by atoms with van der Waals surface area (Å²) >= 11 is 0. The maximum Gasteiger partial charge on any atom is 0.280 e. The van der Waals surface area contributed by atoms with E-state index in [1.807, 2.05) is 21.0 Å². The van der Waals surface area contributed by atoms with E-state index in [9.17, 15) is 9.90 Å². The van der Waals surface area contributed by atoms with Crippen molar-refractivity contribution >= 4 is 23.5 Å². The molecule has 0 aliphatic carbocycles. The SMILES string of the molecule is CC[C@@H](O)Cn1cnc2c(=O)[nH]c(/N=C/N(C)C)nc21. The number of H-pyrrole nitrogens is 1. The minimum atomic E-state index is -0.498. The predicted molar refractivity (Wildman–Crippen MR) is 76.3 cm³/mol. The van der Waals surface area contributed by atoms with E-state index in [2.05, 4.69) is 19.9 Å². The van der Waals surface area contributed by atoms with Gasteiger partial charge in [0.15, 0.2) is 11.2 Å². The van der Waals surface area contributed by atoms with Gasteiger partial charge in [-0.15, -0.1) is 0 Å². The second-order valence-electron chi connectivity index (χ2n) is 4.73. The lowest BCUT2D eigenvalue weighted by molar-refractivity contribution is 0.151. The van der Waals surface area contributed by atoms with Crippen molar-refractivity contribution in [3.8, 4) is 0 Å². The molecule has 0 aliphatic rings. The van der Waals surface area contributed by atoms with Crippen molar-refractivity contribution in [1.29, 1.82) is 0 Å². The molecule has 0 saturated carbocycles. The van der Waals surface area contributed by atoms with E-state index in [-0.39, 0.29) is 17.0 Å². The molecule has 0 fully saturated rings. The van der Waals surface area contributed by atoms with Gasteiger partial charge in [-0.05, 0) is 6.42 Å². The lowest BCUT2D eigenvalue weighted by Crippen LogP contribution is -2.15. The molecule has 8 nitrogen and oxygen atoms in total. The number of rotatable bonds is 5. The third kappa shape index (κ3) is 3.02. The average Bonchev–Trinajstić information content (AvgIpc) is 2.80. The molecule has 0 aromatic carbocycles. The van der Waals surface area contributed by atoms with Gasteiger partial charge in [0.2, 0.25) is 5.95 Å². The number of aliphatic hydroxyl groups is 1. The maximum absolute atomic E-state index is 11.9. The Balaban J connectivity index is 2.45. The Bertz CT molecular complexity index is 672. The molecule has 0 bridgehead atoms. The summed E-state index contributed by atoms with van der Waals surface area (Å²) in [6.07, 6.45) is 3.17. The van der Waals surface area contributed by atoms with Crippen LogP contribution in [0.2, 0.25) is 0 Å². The highest BCUT2D eigenvalue weighted by Crippen LogP contribution is 2.10. The number of nitrogens with zero attached hydrogens (tertiary/aromatic N) is 5. The molecule has 0 spiro atoms. The van der Waals surface area contributed by atoms with Crippen LogP contribution in [0.1, 0.15) is 13.3 Å². The van der Waals surface area contributed by atoms with Gasteiger partial charge in [-0.2, -0.15) is 4.98 Å². The van der Waals surface area contributed by atoms with E-state index >= 15 is 0 Å². The van der Waals surface area contributed by atoms with Gasteiger partial charge >= 0.3 is 0 Å². The van der Waals surface area contributed by atoms with Gasteiger partial charge in [-0.3, -0.25) is 9.78 Å². The number of aliphatic imine (C=N–C) groups is 1. The molecule has 0 saturated heterocycles. The molecule has 2 rings (SSSR count). The number of nitrogens with one attached hydrogen (secondary N) is 1. The van der Waals surface area contributed by atoms with Crippen molar-refractivity contribution in [1.82, 2.24) is 24.4 Å². The zero-order valence-electron chi connectivity index (χ0n) is 11.7. The number of fused-ring (bicyclic) bond motifs is 1. The summed E-state index contributed by atoms with van der Waals surface area (Å²) in [6.45, 7) is 2.23. The van der Waals surface area contributed by atoms with E-state index in [1.54, 1.807) is 15.8 Å². The van der Waals surface area contributed by atoms with Crippen molar-refractivity contribution in [2.75, 3.05) is 14.1 Å². The summed E-state index contributed by atoms with van der Waals surface area (Å²) in [5.41, 5.74) is 0.329. The largest absolute Gasteiger partial charge is 0.391 e. The number of imidazole rings is 1. The topological polar surface area (TPSA) is 99.4 Å². The fourth-order valence-electron chi connectivity index (χ4n) is 1.66. The first-order valence-corrected chi connectivity index (χ1v) is 6.35. The van der Waals surface area contributed by atoms with Crippen molar-refractivity contribution < 1.29 is 5.11 Å². The second kappa shape index (κ2) is 5.83. The van der Waals surface area contributed by atoms with Crippen LogP contribution >= 0.6 is 0 Å². The fourth-order valence-corrected chi connectivity index (χ4v) is 1.66. The molecule has 0 aliphatic heterocycles. The molecule has 8 heteroatoms. The fraction of sp³-hybridized carbons (Fsp3) is 0.500. The molecular formula is C12H18N6O2. The van der Waals surface area contributed by atoms with Gasteiger partial charge in [0, 0.05) is 14.1 Å². The minimum absolute atomic E-state index is 0.212. The van der Waals surface area contributed by atoms with Crippen LogP contribution in [0.3, 0.4) is 0 Å². The first-order chi connectivity index (χ1) is 9.51. The Morgan fingerprint density at radius 3 is 3.00 bits per heavy atom. The first-order valence-electron chi connectivity index (χ1n) is 6.35. The van der Waals surface area contributed by atoms with E-state index in [1.165, 1.54) is 6.33 Å². The second-order valence-corrected chi connectivity index (χ2v) is 4.73. The van der Waals surface area contributed by atoms with Gasteiger partial charge in [-0.25, -0.2) is 9.98 Å². The number of aliphatic hydroxyl groups excluding tert-OH is 1. The van der Waals surface area contributed by atoms with E-state index in [0.717, 1.165) is 0 Å². The van der Waals surface area contributed by atoms with Crippen molar-refractivity contribution in [2.45, 2.75) is 26.0 Å². The van der Waals surface area contributed by atoms with Crippen molar-refractivity contribution in [2.24, 2.45) is 4.99 Å². The molecule has 108 valence electrons. The third-order valence-electron chi connectivity index (χ3n) is 2.75. The molecule has 20 heavy (non-hydrogen) atoms. The summed E-state index contributed by atoms with van der Waals surface area (Å²) in [6, 6.07) is 0. The summed E-state index contributed by atoms with van der Waals surface area (Å²) in [5, 5.41) is 9.71. The molecular weight excluding hydrogens is 260 g/mol. The van der Waals surface area contributed by atoms with Gasteiger partial charge in [-0.1, -0.05) is 6.92 Å². The summed E-state index contributed by atoms with van der Waals surface area (Å²) in [7, 11) is 3.64. The maximum atomic E-state index is 11.9. The molecule has 0 amide bonds. The van der Waals surface area contributed by atoms with Crippen LogP contribution in [0.5, 0.6) is 0 Å². The summed E-state index contributed by atoms with van der Waals surface area (Å²) in [5.74, 6) is 0.212. The highest BCUT2D eigenvalue weighted by Gasteiger charge is 2.12. The van der Waals surface area contributed by atoms with Gasteiger partial charge in [0.05, 0.1) is 25.3 Å². The van der Waals surface area contributed by atoms with Crippen molar-refractivity contribution in [3.05, 3.63) is 16.7 Å². The monoisotopic (exact) mass is 278 g/mol. The third-order valence-corrected chi connectivity index (χ3v) is 2.75. The predicted octanol–water partition coefficient (Wildman–Crippen LogP) is 0.112. The molecule has 0 radical (unpaired) electrons. The highest BCUT2D eigenvalue weighted by atomic mass is 16.3. The van der Waals surface area contributed by atoms with Crippen LogP contribution in [0.15, 0.2) is 16.1 Å². The quantitative estimate of drug-likeness (QED) is 0.597. The number of hydrogen-bond donors (Lipinski definition) is 2. The van der Waals surface area contributed by atoms with Gasteiger partial charge in [0.25, 0.3) is 5.56 Å². The Morgan fingerprint density at radius 1 is 1.60 bits per heavy atom. The first kappa shape index (κ1) is 14.2. The van der Waals surface area contributed by atoms with Gasteiger partial charge < -0.3 is 14.6 Å². The van der Waals surface area contributed by atoms with Crippen LogP contribution in [0, 0.1) is 0 Å². The highest BCUT2D eigenvalue weighted by molar-refractivity contribution is 5.71. The Hall–Kier alpha value is -2.22. The summed E-state index contributed by atoms with van der Waals surface area (Å²) in [4.78, 5) is 28.5. The average molecular weight is 278 g/mol. The zero-order chi connectivity index (χ0) is 14.7. The number of aromatic nitrogens is 4.